The molecule has 134 valence electrons. The predicted molar refractivity (Wildman–Crippen MR) is 106 cm³/mol. The molecular weight excluding hydrogens is 362 g/mol. The molecule has 0 aliphatic rings. The lowest BCUT2D eigenvalue weighted by atomic mass is 10.1. The monoisotopic (exact) mass is 377 g/mol. The quantitative estimate of drug-likeness (QED) is 0.552. The molecule has 1 aromatic carbocycles. The van der Waals surface area contributed by atoms with E-state index in [0.29, 0.717) is 17.4 Å². The van der Waals surface area contributed by atoms with Gasteiger partial charge >= 0.3 is 0 Å². The van der Waals surface area contributed by atoms with E-state index in [1.807, 2.05) is 53.3 Å². The van der Waals surface area contributed by atoms with E-state index in [2.05, 4.69) is 20.3 Å². The topological polar surface area (TPSA) is 94.5 Å². The van der Waals surface area contributed by atoms with Gasteiger partial charge in [-0.2, -0.15) is 5.10 Å². The molecule has 8 heteroatoms. The molecule has 0 saturated carbocycles. The Morgan fingerprint density at radius 2 is 1.81 bits per heavy atom. The van der Waals surface area contributed by atoms with Gasteiger partial charge in [0.1, 0.15) is 17.2 Å². The summed E-state index contributed by atoms with van der Waals surface area (Å²) in [5, 5.41) is 8.28. The molecule has 0 atom stereocenters. The maximum Gasteiger partial charge on any atom is 0.150 e. The lowest BCUT2D eigenvalue weighted by molar-refractivity contribution is 0.883. The Morgan fingerprint density at radius 1 is 1.04 bits per heavy atom. The van der Waals surface area contributed by atoms with E-state index in [0.717, 1.165) is 22.5 Å². The van der Waals surface area contributed by atoms with Crippen LogP contribution in [0, 0.1) is 0 Å². The average Bonchev–Trinajstić information content (AvgIpc) is 3.15. The van der Waals surface area contributed by atoms with Gasteiger partial charge in [-0.3, -0.25) is 4.98 Å². The minimum absolute atomic E-state index is 0.239. The van der Waals surface area contributed by atoms with Crippen LogP contribution in [0.15, 0.2) is 67.4 Å². The maximum absolute atomic E-state index is 6.18. The van der Waals surface area contributed by atoms with Crippen molar-refractivity contribution in [2.24, 2.45) is 0 Å². The van der Waals surface area contributed by atoms with Gasteiger partial charge in [-0.15, -0.1) is 0 Å². The summed E-state index contributed by atoms with van der Waals surface area (Å²) in [7, 11) is 0. The minimum atomic E-state index is 0.239. The van der Waals surface area contributed by atoms with Gasteiger partial charge < -0.3 is 11.1 Å². The number of anilines is 2. The number of pyridine rings is 1. The highest BCUT2D eigenvalue weighted by molar-refractivity contribution is 6.35. The number of rotatable bonds is 5. The number of nitrogens with one attached hydrogen (secondary N) is 1. The Morgan fingerprint density at radius 3 is 2.59 bits per heavy atom. The fourth-order valence-electron chi connectivity index (χ4n) is 2.69. The Balaban J connectivity index is 1.70. The number of halogens is 1. The number of para-hydroxylation sites is 1. The van der Waals surface area contributed by atoms with Crippen LogP contribution in [0.5, 0.6) is 0 Å². The van der Waals surface area contributed by atoms with Crippen molar-refractivity contribution in [2.45, 2.75) is 6.54 Å². The molecular formula is C19H16ClN7. The van der Waals surface area contributed by atoms with Gasteiger partial charge in [0.05, 0.1) is 11.4 Å². The predicted octanol–water partition coefficient (Wildman–Crippen LogP) is 3.57. The number of hydrogen-bond acceptors (Lipinski definition) is 6. The van der Waals surface area contributed by atoms with Crippen LogP contribution in [-0.2, 0) is 6.54 Å². The molecule has 0 aliphatic heterocycles. The van der Waals surface area contributed by atoms with Crippen LogP contribution >= 0.6 is 11.6 Å². The van der Waals surface area contributed by atoms with Crippen LogP contribution in [0.2, 0.25) is 5.02 Å². The summed E-state index contributed by atoms with van der Waals surface area (Å²) in [6.07, 6.45) is 6.85. The summed E-state index contributed by atoms with van der Waals surface area (Å²) in [6.45, 7) is 0.473. The summed E-state index contributed by atoms with van der Waals surface area (Å²) < 4.78 is 1.85. The zero-order valence-electron chi connectivity index (χ0n) is 14.2. The highest BCUT2D eigenvalue weighted by Crippen LogP contribution is 2.27. The minimum Gasteiger partial charge on any atom is -0.382 e. The summed E-state index contributed by atoms with van der Waals surface area (Å²) in [6, 6.07) is 13.8. The molecule has 0 aliphatic carbocycles. The van der Waals surface area contributed by atoms with Gasteiger partial charge in [0.15, 0.2) is 5.82 Å². The third-order valence-electron chi connectivity index (χ3n) is 4.03. The lowest BCUT2D eigenvalue weighted by Crippen LogP contribution is -2.04. The van der Waals surface area contributed by atoms with Crippen molar-refractivity contribution in [3.05, 3.63) is 78.0 Å². The largest absolute Gasteiger partial charge is 0.382 e. The van der Waals surface area contributed by atoms with E-state index in [1.54, 1.807) is 12.4 Å². The fraction of sp³-hybridized carbons (Fsp3) is 0.0526. The van der Waals surface area contributed by atoms with Gasteiger partial charge in [0, 0.05) is 36.3 Å². The Kier molecular flexibility index (Phi) is 4.67. The molecule has 0 radical (unpaired) electrons. The summed E-state index contributed by atoms with van der Waals surface area (Å²) in [5.41, 5.74) is 9.53. The van der Waals surface area contributed by atoms with Crippen molar-refractivity contribution < 1.29 is 0 Å². The second-order valence-corrected chi connectivity index (χ2v) is 6.17. The number of hydrogen-bond donors (Lipinski definition) is 2. The van der Waals surface area contributed by atoms with Crippen molar-refractivity contribution in [3.8, 4) is 16.9 Å². The molecule has 4 rings (SSSR count). The van der Waals surface area contributed by atoms with E-state index >= 15 is 0 Å². The molecule has 0 amide bonds. The van der Waals surface area contributed by atoms with Crippen LogP contribution in [-0.4, -0.2) is 24.7 Å². The smallest absolute Gasteiger partial charge is 0.150 e. The average molecular weight is 378 g/mol. The Labute approximate surface area is 160 Å². The number of nitrogens with two attached hydrogens (primary N) is 1. The maximum atomic E-state index is 6.18. The fourth-order valence-corrected chi connectivity index (χ4v) is 2.85. The third-order valence-corrected chi connectivity index (χ3v) is 4.40. The lowest BCUT2D eigenvalue weighted by Gasteiger charge is -2.08. The van der Waals surface area contributed by atoms with Gasteiger partial charge in [0.25, 0.3) is 0 Å². The summed E-state index contributed by atoms with van der Waals surface area (Å²) in [5.74, 6) is 0.723. The second-order valence-electron chi connectivity index (χ2n) is 5.79. The van der Waals surface area contributed by atoms with Crippen LogP contribution in [0.3, 0.4) is 0 Å². The highest BCUT2D eigenvalue weighted by Gasteiger charge is 2.14. The molecule has 3 aromatic heterocycles. The zero-order valence-corrected chi connectivity index (χ0v) is 15.0. The first-order valence-electron chi connectivity index (χ1n) is 8.26. The van der Waals surface area contributed by atoms with E-state index in [1.165, 1.54) is 6.33 Å². The number of nitrogens with zero attached hydrogens (tertiary/aromatic N) is 5. The molecule has 4 aromatic rings. The summed E-state index contributed by atoms with van der Waals surface area (Å²) in [4.78, 5) is 12.1. The molecule has 7 nitrogen and oxygen atoms in total. The van der Waals surface area contributed by atoms with Gasteiger partial charge in [-0.1, -0.05) is 29.8 Å². The first kappa shape index (κ1) is 17.0. The SMILES string of the molecule is Nc1ncnc(NCc2cn(-c3ccccc3)nc2-c2ccncc2)c1Cl. The van der Waals surface area contributed by atoms with E-state index < -0.39 is 0 Å². The number of benzene rings is 1. The number of nitrogen functional groups attached to an aromatic ring is 1. The van der Waals surface area contributed by atoms with E-state index in [9.17, 15) is 0 Å². The molecule has 0 fully saturated rings. The standard InChI is InChI=1S/C19H16ClN7/c20-16-18(21)24-12-25-19(16)23-10-14-11-27(15-4-2-1-3-5-15)26-17(14)13-6-8-22-9-7-13/h1-9,11-12H,10H2,(H3,21,23,24,25). The van der Waals surface area contributed by atoms with E-state index in [4.69, 9.17) is 22.4 Å². The van der Waals surface area contributed by atoms with Crippen LogP contribution < -0.4 is 11.1 Å². The van der Waals surface area contributed by atoms with Crippen molar-refractivity contribution in [3.63, 3.8) is 0 Å². The van der Waals surface area contributed by atoms with Crippen molar-refractivity contribution in [2.75, 3.05) is 11.1 Å². The molecule has 27 heavy (non-hydrogen) atoms. The first-order valence-corrected chi connectivity index (χ1v) is 8.64. The van der Waals surface area contributed by atoms with Crippen LogP contribution in [0.1, 0.15) is 5.56 Å². The van der Waals surface area contributed by atoms with Crippen molar-refractivity contribution >= 4 is 23.2 Å². The first-order chi connectivity index (χ1) is 13.2. The zero-order chi connectivity index (χ0) is 18.6. The number of aromatic nitrogens is 5. The molecule has 0 spiro atoms. The van der Waals surface area contributed by atoms with Gasteiger partial charge in [-0.25, -0.2) is 14.6 Å². The van der Waals surface area contributed by atoms with Gasteiger partial charge in [-0.05, 0) is 24.3 Å². The molecule has 0 bridgehead atoms. The normalized spacial score (nSPS) is 10.7. The second kappa shape index (κ2) is 7.43. The Hall–Kier alpha value is -3.45. The molecule has 3 heterocycles. The molecule has 3 N–H and O–H groups in total. The summed E-state index contributed by atoms with van der Waals surface area (Å²) >= 11 is 6.18. The Bertz CT molecular complexity index is 1050. The van der Waals surface area contributed by atoms with Crippen molar-refractivity contribution in [1.29, 1.82) is 0 Å². The molecule has 0 unspecified atom stereocenters. The van der Waals surface area contributed by atoms with Crippen molar-refractivity contribution in [1.82, 2.24) is 24.7 Å². The highest BCUT2D eigenvalue weighted by atomic mass is 35.5. The van der Waals surface area contributed by atoms with Crippen LogP contribution in [0.25, 0.3) is 16.9 Å². The van der Waals surface area contributed by atoms with E-state index in [-0.39, 0.29) is 5.82 Å². The molecule has 0 saturated heterocycles. The third kappa shape index (κ3) is 3.58. The van der Waals surface area contributed by atoms with Gasteiger partial charge in [0.2, 0.25) is 0 Å². The van der Waals surface area contributed by atoms with Crippen LogP contribution in [0.4, 0.5) is 11.6 Å².